The molecular formula is C14H21NO2. The van der Waals surface area contributed by atoms with Gasteiger partial charge in [0.15, 0.2) is 0 Å². The molecule has 1 fully saturated rings. The number of hydrogen-bond acceptors (Lipinski definition) is 3. The van der Waals surface area contributed by atoms with E-state index in [0.717, 1.165) is 38.4 Å². The minimum absolute atomic E-state index is 0.162. The molecule has 0 aliphatic carbocycles. The van der Waals surface area contributed by atoms with Crippen molar-refractivity contribution in [3.05, 3.63) is 29.8 Å². The van der Waals surface area contributed by atoms with Crippen molar-refractivity contribution in [3.8, 4) is 5.75 Å². The molecule has 1 aliphatic heterocycles. The molecule has 2 N–H and O–H groups in total. The molecule has 1 aromatic carbocycles. The highest BCUT2D eigenvalue weighted by Crippen LogP contribution is 2.21. The molecule has 3 nitrogen and oxygen atoms in total. The number of benzene rings is 1. The Labute approximate surface area is 103 Å². The van der Waals surface area contributed by atoms with Gasteiger partial charge in [-0.15, -0.1) is 0 Å². The van der Waals surface area contributed by atoms with Gasteiger partial charge in [0.1, 0.15) is 5.75 Å². The lowest BCUT2D eigenvalue weighted by Crippen LogP contribution is -2.19. The molecule has 0 bridgehead atoms. The predicted octanol–water partition coefficient (Wildman–Crippen LogP) is 1.99. The van der Waals surface area contributed by atoms with Gasteiger partial charge in [-0.3, -0.25) is 0 Å². The highest BCUT2D eigenvalue weighted by molar-refractivity contribution is 5.33. The van der Waals surface area contributed by atoms with Gasteiger partial charge in [-0.05, 0) is 31.4 Å². The Balaban J connectivity index is 1.94. The van der Waals surface area contributed by atoms with Gasteiger partial charge in [0.25, 0.3) is 0 Å². The summed E-state index contributed by atoms with van der Waals surface area (Å²) in [6.45, 7) is 4.46. The second kappa shape index (κ2) is 6.03. The third-order valence-electron chi connectivity index (χ3n) is 3.01. The van der Waals surface area contributed by atoms with Crippen LogP contribution >= 0.6 is 0 Å². The standard InChI is InChI=1S/C14H21NO2/c1-11(15)8-13-4-2-3-5-14(13)17-10-12-6-7-16-9-12/h2-5,11-12H,6-10,15H2,1H3. The molecule has 0 radical (unpaired) electrons. The summed E-state index contributed by atoms with van der Waals surface area (Å²) in [6, 6.07) is 8.31. The number of rotatable bonds is 5. The van der Waals surface area contributed by atoms with E-state index in [2.05, 4.69) is 6.07 Å². The summed E-state index contributed by atoms with van der Waals surface area (Å²) in [5.74, 6) is 1.51. The largest absolute Gasteiger partial charge is 0.493 e. The summed E-state index contributed by atoms with van der Waals surface area (Å²) < 4.78 is 11.2. The van der Waals surface area contributed by atoms with Crippen molar-refractivity contribution < 1.29 is 9.47 Å². The first-order valence-electron chi connectivity index (χ1n) is 6.29. The topological polar surface area (TPSA) is 44.5 Å². The Morgan fingerprint density at radius 3 is 3.00 bits per heavy atom. The average Bonchev–Trinajstić information content (AvgIpc) is 2.80. The molecule has 0 saturated carbocycles. The molecule has 94 valence electrons. The maximum absolute atomic E-state index is 5.89. The molecule has 2 atom stereocenters. The second-order valence-corrected chi connectivity index (χ2v) is 4.83. The van der Waals surface area contributed by atoms with Crippen LogP contribution in [0.2, 0.25) is 0 Å². The van der Waals surface area contributed by atoms with Gasteiger partial charge in [0, 0.05) is 18.6 Å². The summed E-state index contributed by atoms with van der Waals surface area (Å²) in [6.07, 6.45) is 1.97. The van der Waals surface area contributed by atoms with Crippen molar-refractivity contribution in [2.24, 2.45) is 11.7 Å². The Hall–Kier alpha value is -1.06. The first-order valence-corrected chi connectivity index (χ1v) is 6.29. The fourth-order valence-corrected chi connectivity index (χ4v) is 2.08. The van der Waals surface area contributed by atoms with Crippen LogP contribution in [0.25, 0.3) is 0 Å². The van der Waals surface area contributed by atoms with E-state index < -0.39 is 0 Å². The zero-order valence-corrected chi connectivity index (χ0v) is 10.4. The lowest BCUT2D eigenvalue weighted by Gasteiger charge is -2.15. The maximum Gasteiger partial charge on any atom is 0.122 e. The van der Waals surface area contributed by atoms with E-state index in [-0.39, 0.29) is 6.04 Å². The predicted molar refractivity (Wildman–Crippen MR) is 68.2 cm³/mol. The third kappa shape index (κ3) is 3.72. The number of ether oxygens (including phenoxy) is 2. The maximum atomic E-state index is 5.89. The van der Waals surface area contributed by atoms with Crippen molar-refractivity contribution >= 4 is 0 Å². The smallest absolute Gasteiger partial charge is 0.122 e. The molecule has 0 amide bonds. The molecule has 1 saturated heterocycles. The molecule has 1 aromatic rings. The first kappa shape index (κ1) is 12.4. The van der Waals surface area contributed by atoms with E-state index in [0.29, 0.717) is 5.92 Å². The van der Waals surface area contributed by atoms with E-state index in [1.807, 2.05) is 25.1 Å². The SMILES string of the molecule is CC(N)Cc1ccccc1OCC1CCOC1. The summed E-state index contributed by atoms with van der Waals surface area (Å²) >= 11 is 0. The first-order chi connectivity index (χ1) is 8.25. The molecule has 1 aliphatic rings. The summed E-state index contributed by atoms with van der Waals surface area (Å²) in [5, 5.41) is 0. The van der Waals surface area contributed by atoms with Crippen molar-refractivity contribution in [2.75, 3.05) is 19.8 Å². The molecule has 2 rings (SSSR count). The summed E-state index contributed by atoms with van der Waals surface area (Å²) in [5.41, 5.74) is 7.03. The van der Waals surface area contributed by atoms with E-state index in [4.69, 9.17) is 15.2 Å². The Morgan fingerprint density at radius 1 is 1.47 bits per heavy atom. The van der Waals surface area contributed by atoms with Crippen LogP contribution in [0, 0.1) is 5.92 Å². The highest BCUT2D eigenvalue weighted by atomic mass is 16.5. The molecule has 0 aromatic heterocycles. The third-order valence-corrected chi connectivity index (χ3v) is 3.01. The lowest BCUT2D eigenvalue weighted by atomic mass is 10.1. The highest BCUT2D eigenvalue weighted by Gasteiger charge is 2.16. The van der Waals surface area contributed by atoms with Crippen LogP contribution in [-0.4, -0.2) is 25.9 Å². The molecule has 17 heavy (non-hydrogen) atoms. The minimum Gasteiger partial charge on any atom is -0.493 e. The van der Waals surface area contributed by atoms with Gasteiger partial charge in [-0.1, -0.05) is 18.2 Å². The van der Waals surface area contributed by atoms with Gasteiger partial charge < -0.3 is 15.2 Å². The molecule has 2 unspecified atom stereocenters. The van der Waals surface area contributed by atoms with Gasteiger partial charge in [-0.2, -0.15) is 0 Å². The zero-order valence-electron chi connectivity index (χ0n) is 10.4. The van der Waals surface area contributed by atoms with E-state index in [1.165, 1.54) is 5.56 Å². The zero-order chi connectivity index (χ0) is 12.1. The molecule has 3 heteroatoms. The van der Waals surface area contributed by atoms with E-state index >= 15 is 0 Å². The normalized spacial score (nSPS) is 21.4. The number of para-hydroxylation sites is 1. The van der Waals surface area contributed by atoms with Crippen LogP contribution in [0.3, 0.4) is 0 Å². The van der Waals surface area contributed by atoms with Crippen LogP contribution < -0.4 is 10.5 Å². The van der Waals surface area contributed by atoms with Crippen LogP contribution in [0.15, 0.2) is 24.3 Å². The van der Waals surface area contributed by atoms with Crippen molar-refractivity contribution in [1.29, 1.82) is 0 Å². The van der Waals surface area contributed by atoms with Gasteiger partial charge in [0.05, 0.1) is 13.2 Å². The van der Waals surface area contributed by atoms with Crippen LogP contribution in [0.1, 0.15) is 18.9 Å². The van der Waals surface area contributed by atoms with Crippen molar-refractivity contribution in [2.45, 2.75) is 25.8 Å². The Morgan fingerprint density at radius 2 is 2.29 bits per heavy atom. The van der Waals surface area contributed by atoms with E-state index in [9.17, 15) is 0 Å². The second-order valence-electron chi connectivity index (χ2n) is 4.83. The van der Waals surface area contributed by atoms with E-state index in [1.54, 1.807) is 0 Å². The molecular weight excluding hydrogens is 214 g/mol. The fourth-order valence-electron chi connectivity index (χ4n) is 2.08. The average molecular weight is 235 g/mol. The summed E-state index contributed by atoms with van der Waals surface area (Å²) in [4.78, 5) is 0. The van der Waals surface area contributed by atoms with Crippen molar-refractivity contribution in [1.82, 2.24) is 0 Å². The minimum atomic E-state index is 0.162. The quantitative estimate of drug-likeness (QED) is 0.849. The Kier molecular flexibility index (Phi) is 4.40. The van der Waals surface area contributed by atoms with Gasteiger partial charge in [0.2, 0.25) is 0 Å². The van der Waals surface area contributed by atoms with Crippen LogP contribution in [0.4, 0.5) is 0 Å². The molecule has 1 heterocycles. The monoisotopic (exact) mass is 235 g/mol. The molecule has 0 spiro atoms. The summed E-state index contributed by atoms with van der Waals surface area (Å²) in [7, 11) is 0. The van der Waals surface area contributed by atoms with Gasteiger partial charge >= 0.3 is 0 Å². The fraction of sp³-hybridized carbons (Fsp3) is 0.571. The number of nitrogens with two attached hydrogens (primary N) is 1. The van der Waals surface area contributed by atoms with Crippen molar-refractivity contribution in [3.63, 3.8) is 0 Å². The van der Waals surface area contributed by atoms with Gasteiger partial charge in [-0.25, -0.2) is 0 Å². The van der Waals surface area contributed by atoms with Crippen LogP contribution in [-0.2, 0) is 11.2 Å². The lowest BCUT2D eigenvalue weighted by molar-refractivity contribution is 0.166. The Bertz CT molecular complexity index is 346. The number of hydrogen-bond donors (Lipinski definition) is 1. The van der Waals surface area contributed by atoms with Crippen LogP contribution in [0.5, 0.6) is 5.75 Å².